The Hall–Kier alpha value is -1.27. The van der Waals surface area contributed by atoms with Gasteiger partial charge in [0.15, 0.2) is 17.5 Å². The number of aryl methyl sites for hydroxylation is 1. The van der Waals surface area contributed by atoms with Crippen LogP contribution in [0.2, 0.25) is 0 Å². The minimum absolute atomic E-state index is 0.0352. The SMILES string of the molecule is CCOC(c1nc(C)c(F)c(NN)n1)C1CCCCC1. The van der Waals surface area contributed by atoms with Crippen molar-refractivity contribution in [2.75, 3.05) is 12.0 Å². The third kappa shape index (κ3) is 3.24. The minimum Gasteiger partial charge on any atom is -0.370 e. The first kappa shape index (κ1) is 15.1. The van der Waals surface area contributed by atoms with Gasteiger partial charge in [0.25, 0.3) is 0 Å². The average Bonchev–Trinajstić information content (AvgIpc) is 2.48. The third-order valence-electron chi connectivity index (χ3n) is 3.85. The first-order valence-corrected chi connectivity index (χ1v) is 7.29. The summed E-state index contributed by atoms with van der Waals surface area (Å²) in [7, 11) is 0. The van der Waals surface area contributed by atoms with Crippen molar-refractivity contribution in [3.05, 3.63) is 17.3 Å². The second-order valence-electron chi connectivity index (χ2n) is 5.25. The van der Waals surface area contributed by atoms with Crippen molar-refractivity contribution in [3.8, 4) is 0 Å². The van der Waals surface area contributed by atoms with Gasteiger partial charge >= 0.3 is 0 Å². The van der Waals surface area contributed by atoms with Crippen LogP contribution in [0.4, 0.5) is 10.2 Å². The molecule has 20 heavy (non-hydrogen) atoms. The van der Waals surface area contributed by atoms with Gasteiger partial charge in [-0.2, -0.15) is 0 Å². The summed E-state index contributed by atoms with van der Waals surface area (Å²) < 4.78 is 19.6. The van der Waals surface area contributed by atoms with Crippen molar-refractivity contribution < 1.29 is 9.13 Å². The summed E-state index contributed by atoms with van der Waals surface area (Å²) in [6.07, 6.45) is 5.72. The van der Waals surface area contributed by atoms with Crippen molar-refractivity contribution >= 4 is 5.82 Å². The standard InChI is InChI=1S/C14H23FN4O/c1-3-20-12(10-7-5-4-6-8-10)14-17-9(2)11(15)13(18-14)19-16/h10,12H,3-8,16H2,1-2H3,(H,17,18,19). The van der Waals surface area contributed by atoms with Crippen LogP contribution in [0.25, 0.3) is 0 Å². The highest BCUT2D eigenvalue weighted by molar-refractivity contribution is 5.36. The summed E-state index contributed by atoms with van der Waals surface area (Å²) in [5, 5.41) is 0. The normalized spacial score (nSPS) is 18.0. The Labute approximate surface area is 119 Å². The number of aromatic nitrogens is 2. The van der Waals surface area contributed by atoms with Gasteiger partial charge in [-0.3, -0.25) is 0 Å². The van der Waals surface area contributed by atoms with Gasteiger partial charge in [0.2, 0.25) is 0 Å². The molecular formula is C14H23FN4O. The maximum atomic E-state index is 13.8. The molecule has 0 spiro atoms. The molecule has 0 bridgehead atoms. The van der Waals surface area contributed by atoms with Crippen LogP contribution in [0.5, 0.6) is 0 Å². The lowest BCUT2D eigenvalue weighted by molar-refractivity contribution is -0.000308. The molecule has 0 aromatic carbocycles. The van der Waals surface area contributed by atoms with Crippen LogP contribution in [-0.2, 0) is 4.74 Å². The molecule has 0 aliphatic heterocycles. The fraction of sp³-hybridized carbons (Fsp3) is 0.714. The number of ether oxygens (including phenoxy) is 1. The Balaban J connectivity index is 2.30. The molecule has 1 unspecified atom stereocenters. The fourth-order valence-electron chi connectivity index (χ4n) is 2.84. The molecule has 112 valence electrons. The van der Waals surface area contributed by atoms with Gasteiger partial charge in [0.1, 0.15) is 6.10 Å². The van der Waals surface area contributed by atoms with Crippen LogP contribution in [0.15, 0.2) is 0 Å². The quantitative estimate of drug-likeness (QED) is 0.641. The predicted molar refractivity (Wildman–Crippen MR) is 75.5 cm³/mol. The van der Waals surface area contributed by atoms with Gasteiger partial charge in [-0.25, -0.2) is 20.2 Å². The van der Waals surface area contributed by atoms with Crippen LogP contribution in [0.3, 0.4) is 0 Å². The number of nitrogens with zero attached hydrogens (tertiary/aromatic N) is 2. The molecule has 1 fully saturated rings. The van der Waals surface area contributed by atoms with Crippen molar-refractivity contribution in [1.82, 2.24) is 9.97 Å². The maximum Gasteiger partial charge on any atom is 0.187 e. The Kier molecular flexibility index (Phi) is 5.25. The van der Waals surface area contributed by atoms with E-state index in [0.717, 1.165) is 12.8 Å². The van der Waals surface area contributed by atoms with Crippen LogP contribution in [-0.4, -0.2) is 16.6 Å². The molecule has 1 aliphatic carbocycles. The van der Waals surface area contributed by atoms with E-state index in [-0.39, 0.29) is 11.9 Å². The highest BCUT2D eigenvalue weighted by atomic mass is 19.1. The smallest absolute Gasteiger partial charge is 0.187 e. The van der Waals surface area contributed by atoms with E-state index >= 15 is 0 Å². The number of nitrogens with two attached hydrogens (primary N) is 1. The number of anilines is 1. The molecule has 5 nitrogen and oxygen atoms in total. The predicted octanol–water partition coefficient (Wildman–Crippen LogP) is 2.87. The zero-order valence-electron chi connectivity index (χ0n) is 12.2. The highest BCUT2D eigenvalue weighted by Crippen LogP contribution is 2.36. The molecule has 1 aromatic heterocycles. The Morgan fingerprint density at radius 2 is 2.05 bits per heavy atom. The number of rotatable bonds is 5. The number of halogens is 1. The summed E-state index contributed by atoms with van der Waals surface area (Å²) >= 11 is 0. The Morgan fingerprint density at radius 3 is 2.65 bits per heavy atom. The number of hydrogen-bond acceptors (Lipinski definition) is 5. The Bertz CT molecular complexity index is 449. The second kappa shape index (κ2) is 6.95. The van der Waals surface area contributed by atoms with Crippen molar-refractivity contribution in [2.45, 2.75) is 52.1 Å². The van der Waals surface area contributed by atoms with Crippen molar-refractivity contribution in [2.24, 2.45) is 11.8 Å². The number of hydrazine groups is 1. The fourth-order valence-corrected chi connectivity index (χ4v) is 2.84. The van der Waals surface area contributed by atoms with Crippen LogP contribution < -0.4 is 11.3 Å². The van der Waals surface area contributed by atoms with E-state index in [0.29, 0.717) is 24.0 Å². The van der Waals surface area contributed by atoms with E-state index in [2.05, 4.69) is 15.4 Å². The largest absolute Gasteiger partial charge is 0.370 e. The molecule has 3 N–H and O–H groups in total. The Morgan fingerprint density at radius 1 is 1.35 bits per heavy atom. The third-order valence-corrected chi connectivity index (χ3v) is 3.85. The molecule has 0 saturated heterocycles. The number of nitrogens with one attached hydrogen (secondary N) is 1. The van der Waals surface area contributed by atoms with E-state index in [1.165, 1.54) is 19.3 Å². The first-order valence-electron chi connectivity index (χ1n) is 7.29. The zero-order chi connectivity index (χ0) is 14.5. The van der Waals surface area contributed by atoms with E-state index in [1.807, 2.05) is 6.92 Å². The molecule has 1 aromatic rings. The van der Waals surface area contributed by atoms with Gasteiger partial charge in [-0.05, 0) is 32.6 Å². The molecule has 1 atom stereocenters. The van der Waals surface area contributed by atoms with Gasteiger partial charge in [-0.1, -0.05) is 19.3 Å². The van der Waals surface area contributed by atoms with E-state index < -0.39 is 5.82 Å². The number of hydrogen-bond donors (Lipinski definition) is 2. The summed E-state index contributed by atoms with van der Waals surface area (Å²) in [4.78, 5) is 8.47. The lowest BCUT2D eigenvalue weighted by atomic mass is 9.85. The van der Waals surface area contributed by atoms with E-state index in [1.54, 1.807) is 6.92 Å². The molecule has 0 radical (unpaired) electrons. The molecule has 2 rings (SSSR count). The van der Waals surface area contributed by atoms with Crippen LogP contribution >= 0.6 is 0 Å². The van der Waals surface area contributed by atoms with Gasteiger partial charge in [-0.15, -0.1) is 0 Å². The first-order chi connectivity index (χ1) is 9.67. The molecule has 1 saturated carbocycles. The van der Waals surface area contributed by atoms with E-state index in [9.17, 15) is 4.39 Å². The summed E-state index contributed by atoms with van der Waals surface area (Å²) in [5.74, 6) is 5.79. The molecule has 0 amide bonds. The van der Waals surface area contributed by atoms with Crippen molar-refractivity contribution in [3.63, 3.8) is 0 Å². The summed E-state index contributed by atoms with van der Waals surface area (Å²) in [5.41, 5.74) is 2.59. The van der Waals surface area contributed by atoms with Crippen LogP contribution in [0.1, 0.15) is 56.7 Å². The summed E-state index contributed by atoms with van der Waals surface area (Å²) in [6, 6.07) is 0. The molecular weight excluding hydrogens is 259 g/mol. The number of nitrogen functional groups attached to an aromatic ring is 1. The lowest BCUT2D eigenvalue weighted by Crippen LogP contribution is -2.23. The minimum atomic E-state index is -0.504. The maximum absolute atomic E-state index is 13.8. The van der Waals surface area contributed by atoms with Crippen molar-refractivity contribution in [1.29, 1.82) is 0 Å². The van der Waals surface area contributed by atoms with Gasteiger partial charge in [0.05, 0.1) is 5.69 Å². The van der Waals surface area contributed by atoms with E-state index in [4.69, 9.17) is 10.6 Å². The molecule has 6 heteroatoms. The highest BCUT2D eigenvalue weighted by Gasteiger charge is 2.29. The summed E-state index contributed by atoms with van der Waals surface area (Å²) in [6.45, 7) is 4.16. The topological polar surface area (TPSA) is 73.1 Å². The van der Waals surface area contributed by atoms with Crippen LogP contribution in [0, 0.1) is 18.7 Å². The molecule has 1 aliphatic rings. The lowest BCUT2D eigenvalue weighted by Gasteiger charge is -2.29. The average molecular weight is 282 g/mol. The second-order valence-corrected chi connectivity index (χ2v) is 5.25. The van der Waals surface area contributed by atoms with Gasteiger partial charge in [0, 0.05) is 6.61 Å². The monoisotopic (exact) mass is 282 g/mol. The van der Waals surface area contributed by atoms with Gasteiger partial charge < -0.3 is 10.2 Å². The zero-order valence-corrected chi connectivity index (χ0v) is 12.2. The molecule has 1 heterocycles.